The topological polar surface area (TPSA) is 169 Å². The van der Waals surface area contributed by atoms with Gasteiger partial charge in [-0.2, -0.15) is 26.3 Å². The Balaban J connectivity index is 0.000000178. The molecule has 3 aromatic carbocycles. The second-order valence-corrected chi connectivity index (χ2v) is 13.4. The molecule has 15 nitrogen and oxygen atoms in total. The summed E-state index contributed by atoms with van der Waals surface area (Å²) < 4.78 is 114. The van der Waals surface area contributed by atoms with Crippen LogP contribution < -0.4 is 44.4 Å². The smallest absolute Gasteiger partial charge is 0.387 e. The molecule has 3 N–H and O–H groups in total. The molecule has 338 valence electrons. The molecule has 1 aliphatic rings. The van der Waals surface area contributed by atoms with Crippen molar-refractivity contribution < 1.29 is 63.6 Å². The number of rotatable bonds is 21. The van der Waals surface area contributed by atoms with Crippen LogP contribution >= 0.6 is 0 Å². The van der Waals surface area contributed by atoms with Gasteiger partial charge in [0.1, 0.15) is 11.5 Å². The maximum atomic E-state index is 12.4. The average Bonchev–Trinajstić information content (AvgIpc) is 3.65. The van der Waals surface area contributed by atoms with E-state index in [4.69, 9.17) is 23.0 Å². The van der Waals surface area contributed by atoms with Gasteiger partial charge in [0.05, 0.1) is 63.7 Å². The molecule has 0 radical (unpaired) electrons. The molecule has 7 rings (SSSR count). The van der Waals surface area contributed by atoms with Gasteiger partial charge < -0.3 is 53.2 Å². The van der Waals surface area contributed by atoms with Crippen LogP contribution in [-0.4, -0.2) is 59.6 Å². The predicted molar refractivity (Wildman–Crippen MR) is 217 cm³/mol. The van der Waals surface area contributed by atoms with E-state index in [9.17, 15) is 26.3 Å². The second-order valence-electron chi connectivity index (χ2n) is 13.4. The summed E-state index contributed by atoms with van der Waals surface area (Å²) in [6, 6.07) is 14.1. The average molecular weight is 890 g/mol. The number of nitrogens with zero attached hydrogens (tertiary/aromatic N) is 4. The molecular weight excluding hydrogens is 844 g/mol. The molecule has 0 amide bonds. The lowest BCUT2D eigenvalue weighted by Crippen LogP contribution is -2.10. The third kappa shape index (κ3) is 17.1. The molecule has 0 saturated heterocycles. The van der Waals surface area contributed by atoms with E-state index in [2.05, 4.69) is 50.1 Å². The summed E-state index contributed by atoms with van der Waals surface area (Å²) in [5.74, 6) is 2.70. The first-order valence-corrected chi connectivity index (χ1v) is 19.2. The Hall–Kier alpha value is -7.06. The summed E-state index contributed by atoms with van der Waals surface area (Å²) in [5, 5.41) is 9.24. The van der Waals surface area contributed by atoms with Crippen LogP contribution in [0.15, 0.2) is 107 Å². The van der Waals surface area contributed by atoms with Crippen molar-refractivity contribution in [2.24, 2.45) is 5.92 Å². The standard InChI is InChI=1S/C15H16F2N2O3.C14H16F2N2O3.C13H13F2N3O2/c16-15(17)22-13-4-3-11(19-7-12-6-18-9-21-12)5-14(13)20-8-10-1-2-10;1-9(2)20-13-5-10(3-4-12(13)21-14(15)16)18-7-11-6-17-8-19-11;1-19-11-3-2-9(6-12(11)20-13(14)15)18-8-10-7-16-4-5-17-10/h3-6,9-10,15,19H,1-2,7-8H2;3-6,8-9,14,18H,7H2,1-2H3;2-7,13,18H,8H2,1H3. The third-order valence-electron chi connectivity index (χ3n) is 8.22. The lowest BCUT2D eigenvalue weighted by molar-refractivity contribution is -0.0523. The van der Waals surface area contributed by atoms with Crippen LogP contribution in [0.5, 0.6) is 34.5 Å². The van der Waals surface area contributed by atoms with Crippen molar-refractivity contribution in [1.82, 2.24) is 19.9 Å². The first kappa shape index (κ1) is 47.0. The molecule has 1 fully saturated rings. The molecule has 63 heavy (non-hydrogen) atoms. The van der Waals surface area contributed by atoms with Crippen LogP contribution in [0.4, 0.5) is 43.4 Å². The zero-order valence-electron chi connectivity index (χ0n) is 34.2. The van der Waals surface area contributed by atoms with E-state index < -0.39 is 19.8 Å². The van der Waals surface area contributed by atoms with Crippen LogP contribution in [0.3, 0.4) is 0 Å². The maximum absolute atomic E-state index is 12.4. The summed E-state index contributed by atoms with van der Waals surface area (Å²) in [6.07, 6.45) is 12.7. The monoisotopic (exact) mass is 889 g/mol. The highest BCUT2D eigenvalue weighted by molar-refractivity contribution is 5.56. The van der Waals surface area contributed by atoms with Crippen molar-refractivity contribution in [3.63, 3.8) is 0 Å². The van der Waals surface area contributed by atoms with Crippen molar-refractivity contribution in [2.75, 3.05) is 29.7 Å². The lowest BCUT2D eigenvalue weighted by atomic mass is 10.2. The number of oxazole rings is 2. The number of ether oxygens (including phenoxy) is 6. The van der Waals surface area contributed by atoms with E-state index in [1.54, 1.807) is 81.2 Å². The predicted octanol–water partition coefficient (Wildman–Crippen LogP) is 10.1. The molecule has 6 aromatic rings. The van der Waals surface area contributed by atoms with E-state index in [-0.39, 0.29) is 34.9 Å². The number of benzene rings is 3. The van der Waals surface area contributed by atoms with Crippen LogP contribution in [0.1, 0.15) is 43.9 Å². The minimum Gasteiger partial charge on any atom is -0.493 e. The fourth-order valence-corrected chi connectivity index (χ4v) is 5.20. The molecule has 0 unspecified atom stereocenters. The first-order valence-electron chi connectivity index (χ1n) is 19.2. The molecule has 0 atom stereocenters. The fraction of sp³-hybridized carbons (Fsp3) is 0.333. The van der Waals surface area contributed by atoms with Gasteiger partial charge in [-0.15, -0.1) is 0 Å². The molecule has 0 bridgehead atoms. The molecular formula is C42H45F6N7O8. The Labute approximate surface area is 358 Å². The van der Waals surface area contributed by atoms with Crippen LogP contribution in [-0.2, 0) is 19.6 Å². The SMILES string of the molecule is CC(C)Oc1cc(NCc2cnco2)ccc1OC(F)F.COc1ccc(NCc2cnccn2)cc1OC(F)F.FC(F)Oc1ccc(NCc2cnco2)cc1OCC1CC1. The number of nitrogens with one attached hydrogen (secondary N) is 3. The number of hydrogen-bond donors (Lipinski definition) is 3. The van der Waals surface area contributed by atoms with Crippen LogP contribution in [0, 0.1) is 5.92 Å². The van der Waals surface area contributed by atoms with E-state index in [0.717, 1.165) is 24.2 Å². The number of alkyl halides is 6. The Bertz CT molecular complexity index is 2210. The number of methoxy groups -OCH3 is 1. The van der Waals surface area contributed by atoms with E-state index in [0.29, 0.717) is 60.8 Å². The van der Waals surface area contributed by atoms with Gasteiger partial charge >= 0.3 is 19.8 Å². The van der Waals surface area contributed by atoms with Gasteiger partial charge in [-0.05, 0) is 69.0 Å². The molecule has 1 saturated carbocycles. The van der Waals surface area contributed by atoms with E-state index in [1.807, 2.05) is 0 Å². The zero-order valence-corrected chi connectivity index (χ0v) is 34.2. The Morgan fingerprint density at radius 2 is 1.08 bits per heavy atom. The fourth-order valence-electron chi connectivity index (χ4n) is 5.20. The van der Waals surface area contributed by atoms with Gasteiger partial charge in [0.2, 0.25) is 0 Å². The van der Waals surface area contributed by atoms with Crippen LogP contribution in [0.25, 0.3) is 0 Å². The largest absolute Gasteiger partial charge is 0.493 e. The van der Waals surface area contributed by atoms with Crippen molar-refractivity contribution >= 4 is 17.1 Å². The molecule has 3 aromatic heterocycles. The quantitative estimate of drug-likeness (QED) is 0.0583. The molecule has 0 spiro atoms. The molecule has 21 heteroatoms. The second kappa shape index (κ2) is 24.4. The number of aromatic nitrogens is 4. The minimum absolute atomic E-state index is 0.00363. The highest BCUT2D eigenvalue weighted by atomic mass is 19.3. The summed E-state index contributed by atoms with van der Waals surface area (Å²) >= 11 is 0. The summed E-state index contributed by atoms with van der Waals surface area (Å²) in [7, 11) is 1.39. The summed E-state index contributed by atoms with van der Waals surface area (Å²) in [5.41, 5.74) is 2.78. The molecule has 3 heterocycles. The normalized spacial score (nSPS) is 11.9. The van der Waals surface area contributed by atoms with Crippen molar-refractivity contribution in [1.29, 1.82) is 0 Å². The Kier molecular flexibility index (Phi) is 18.2. The highest BCUT2D eigenvalue weighted by Crippen LogP contribution is 2.36. The van der Waals surface area contributed by atoms with Gasteiger partial charge in [-0.25, -0.2) is 9.97 Å². The van der Waals surface area contributed by atoms with Crippen LogP contribution in [0.2, 0.25) is 0 Å². The number of anilines is 3. The van der Waals surface area contributed by atoms with Gasteiger partial charge in [-0.1, -0.05) is 0 Å². The Morgan fingerprint density at radius 1 is 0.587 bits per heavy atom. The van der Waals surface area contributed by atoms with Gasteiger partial charge in [-0.3, -0.25) is 9.97 Å². The Morgan fingerprint density at radius 3 is 1.54 bits per heavy atom. The zero-order chi connectivity index (χ0) is 45.0. The minimum atomic E-state index is -2.90. The first-order chi connectivity index (χ1) is 30.4. The van der Waals surface area contributed by atoms with Crippen molar-refractivity contribution in [3.05, 3.63) is 116 Å². The number of halogens is 6. The van der Waals surface area contributed by atoms with E-state index in [1.165, 1.54) is 38.1 Å². The highest BCUT2D eigenvalue weighted by Gasteiger charge is 2.23. The van der Waals surface area contributed by atoms with Gasteiger partial charge in [0, 0.05) is 47.7 Å². The number of hydrogen-bond acceptors (Lipinski definition) is 15. The maximum Gasteiger partial charge on any atom is 0.387 e. The van der Waals surface area contributed by atoms with Crippen molar-refractivity contribution in [3.8, 4) is 34.5 Å². The summed E-state index contributed by atoms with van der Waals surface area (Å²) in [6.45, 7) is -3.25. The molecule has 1 aliphatic carbocycles. The summed E-state index contributed by atoms with van der Waals surface area (Å²) in [4.78, 5) is 15.7. The van der Waals surface area contributed by atoms with E-state index >= 15 is 0 Å². The third-order valence-corrected chi connectivity index (χ3v) is 8.22. The van der Waals surface area contributed by atoms with Crippen molar-refractivity contribution in [2.45, 2.75) is 72.3 Å². The molecule has 0 aliphatic heterocycles. The lowest BCUT2D eigenvalue weighted by Gasteiger charge is -2.16. The van der Waals surface area contributed by atoms with Gasteiger partial charge in [0.15, 0.2) is 47.3 Å². The van der Waals surface area contributed by atoms with Gasteiger partial charge in [0.25, 0.3) is 0 Å².